The lowest BCUT2D eigenvalue weighted by Gasteiger charge is -2.21. The molecule has 0 aromatic carbocycles. The zero-order valence-electron chi connectivity index (χ0n) is 10.5. The molecule has 4 nitrogen and oxygen atoms in total. The highest BCUT2D eigenvalue weighted by atomic mass is 35.5. The summed E-state index contributed by atoms with van der Waals surface area (Å²) in [5, 5.41) is 3.38. The van der Waals surface area contributed by atoms with Crippen molar-refractivity contribution in [3.8, 4) is 0 Å². The van der Waals surface area contributed by atoms with Crippen molar-refractivity contribution in [2.45, 2.75) is 25.8 Å². The van der Waals surface area contributed by atoms with Crippen molar-refractivity contribution in [2.75, 3.05) is 19.6 Å². The van der Waals surface area contributed by atoms with Gasteiger partial charge >= 0.3 is 0 Å². The first kappa shape index (κ1) is 13.3. The second-order valence-corrected chi connectivity index (χ2v) is 5.14. The van der Waals surface area contributed by atoms with Crippen LogP contribution in [0.15, 0.2) is 18.3 Å². The Bertz CT molecular complexity index is 401. The number of halogens is 1. The Morgan fingerprint density at radius 3 is 2.83 bits per heavy atom. The molecular formula is C13H18ClN3O. The van der Waals surface area contributed by atoms with Gasteiger partial charge < -0.3 is 10.2 Å². The van der Waals surface area contributed by atoms with Crippen LogP contribution in [0.4, 0.5) is 0 Å². The zero-order chi connectivity index (χ0) is 13.0. The number of likely N-dealkylation sites (tertiary alicyclic amines) is 1. The molecule has 2 heterocycles. The van der Waals surface area contributed by atoms with Gasteiger partial charge in [-0.2, -0.15) is 0 Å². The molecule has 98 valence electrons. The topological polar surface area (TPSA) is 45.2 Å². The molecule has 0 bridgehead atoms. The van der Waals surface area contributed by atoms with Gasteiger partial charge in [-0.15, -0.1) is 0 Å². The first-order valence-corrected chi connectivity index (χ1v) is 6.68. The van der Waals surface area contributed by atoms with Crippen LogP contribution in [0.1, 0.15) is 30.1 Å². The second kappa shape index (κ2) is 6.16. The smallest absolute Gasteiger partial charge is 0.253 e. The molecule has 1 aromatic heterocycles. The summed E-state index contributed by atoms with van der Waals surface area (Å²) < 4.78 is 0. The van der Waals surface area contributed by atoms with Crippen LogP contribution in [-0.4, -0.2) is 41.5 Å². The van der Waals surface area contributed by atoms with Gasteiger partial charge in [-0.25, -0.2) is 4.98 Å². The highest BCUT2D eigenvalue weighted by Crippen LogP contribution is 2.08. The van der Waals surface area contributed by atoms with Crippen LogP contribution in [0.3, 0.4) is 0 Å². The molecular weight excluding hydrogens is 250 g/mol. The van der Waals surface area contributed by atoms with Crippen LogP contribution < -0.4 is 5.32 Å². The van der Waals surface area contributed by atoms with Crippen molar-refractivity contribution in [1.82, 2.24) is 15.2 Å². The SMILES string of the molecule is CC(CN1CCCC1)NC(=O)c1ccc(Cl)nc1. The van der Waals surface area contributed by atoms with Crippen LogP contribution in [-0.2, 0) is 0 Å². The Hall–Kier alpha value is -1.13. The van der Waals surface area contributed by atoms with Gasteiger partial charge in [0.1, 0.15) is 5.15 Å². The fourth-order valence-electron chi connectivity index (χ4n) is 2.22. The molecule has 0 spiro atoms. The minimum Gasteiger partial charge on any atom is -0.348 e. The Morgan fingerprint density at radius 1 is 1.50 bits per heavy atom. The largest absolute Gasteiger partial charge is 0.348 e. The fourth-order valence-corrected chi connectivity index (χ4v) is 2.33. The van der Waals surface area contributed by atoms with Gasteiger partial charge in [-0.05, 0) is 45.0 Å². The van der Waals surface area contributed by atoms with E-state index in [9.17, 15) is 4.79 Å². The maximum atomic E-state index is 11.9. The number of aromatic nitrogens is 1. The van der Waals surface area contributed by atoms with Crippen LogP contribution in [0.2, 0.25) is 5.15 Å². The Kier molecular flexibility index (Phi) is 4.55. The van der Waals surface area contributed by atoms with E-state index < -0.39 is 0 Å². The summed E-state index contributed by atoms with van der Waals surface area (Å²) >= 11 is 5.69. The predicted molar refractivity (Wildman–Crippen MR) is 71.8 cm³/mol. The number of pyridine rings is 1. The maximum Gasteiger partial charge on any atom is 0.253 e. The second-order valence-electron chi connectivity index (χ2n) is 4.75. The Labute approximate surface area is 112 Å². The van der Waals surface area contributed by atoms with Gasteiger partial charge in [0.15, 0.2) is 0 Å². The van der Waals surface area contributed by atoms with E-state index in [0.29, 0.717) is 10.7 Å². The molecule has 1 amide bonds. The number of hydrogen-bond acceptors (Lipinski definition) is 3. The minimum absolute atomic E-state index is 0.0918. The van der Waals surface area contributed by atoms with E-state index in [1.807, 2.05) is 6.92 Å². The summed E-state index contributed by atoms with van der Waals surface area (Å²) in [6, 6.07) is 3.46. The third-order valence-electron chi connectivity index (χ3n) is 3.10. The molecule has 1 atom stereocenters. The molecule has 0 radical (unpaired) electrons. The van der Waals surface area contributed by atoms with Crippen molar-refractivity contribution in [1.29, 1.82) is 0 Å². The van der Waals surface area contributed by atoms with Gasteiger partial charge in [-0.1, -0.05) is 11.6 Å². The van der Waals surface area contributed by atoms with Crippen molar-refractivity contribution < 1.29 is 4.79 Å². The number of carbonyl (C=O) groups excluding carboxylic acids is 1. The maximum absolute atomic E-state index is 11.9. The van der Waals surface area contributed by atoms with Crippen LogP contribution in [0, 0.1) is 0 Å². The number of nitrogens with zero attached hydrogens (tertiary/aromatic N) is 2. The van der Waals surface area contributed by atoms with E-state index in [1.165, 1.54) is 19.0 Å². The molecule has 2 rings (SSSR count). The van der Waals surface area contributed by atoms with Crippen molar-refractivity contribution in [2.24, 2.45) is 0 Å². The van der Waals surface area contributed by atoms with Gasteiger partial charge in [0, 0.05) is 18.8 Å². The molecule has 1 aromatic rings. The van der Waals surface area contributed by atoms with E-state index in [2.05, 4.69) is 15.2 Å². The third-order valence-corrected chi connectivity index (χ3v) is 3.32. The number of carbonyl (C=O) groups is 1. The van der Waals surface area contributed by atoms with Crippen molar-refractivity contribution in [3.05, 3.63) is 29.0 Å². The Morgan fingerprint density at radius 2 is 2.22 bits per heavy atom. The number of rotatable bonds is 4. The van der Waals surface area contributed by atoms with E-state index in [1.54, 1.807) is 12.1 Å². The fraction of sp³-hybridized carbons (Fsp3) is 0.538. The van der Waals surface area contributed by atoms with E-state index in [0.717, 1.165) is 19.6 Å². The molecule has 1 N–H and O–H groups in total. The molecule has 1 unspecified atom stereocenters. The Balaban J connectivity index is 1.84. The van der Waals surface area contributed by atoms with Gasteiger partial charge in [0.05, 0.1) is 5.56 Å². The lowest BCUT2D eigenvalue weighted by molar-refractivity contribution is 0.0931. The molecule has 18 heavy (non-hydrogen) atoms. The molecule has 0 saturated carbocycles. The van der Waals surface area contributed by atoms with Gasteiger partial charge in [0.25, 0.3) is 5.91 Å². The van der Waals surface area contributed by atoms with Gasteiger partial charge in [-0.3, -0.25) is 4.79 Å². The molecule has 0 aliphatic carbocycles. The normalized spacial score (nSPS) is 17.7. The summed E-state index contributed by atoms with van der Waals surface area (Å²) in [7, 11) is 0. The van der Waals surface area contributed by atoms with Crippen LogP contribution in [0.5, 0.6) is 0 Å². The van der Waals surface area contributed by atoms with Crippen molar-refractivity contribution in [3.63, 3.8) is 0 Å². The molecule has 1 fully saturated rings. The lowest BCUT2D eigenvalue weighted by Crippen LogP contribution is -2.41. The number of hydrogen-bond donors (Lipinski definition) is 1. The number of nitrogens with one attached hydrogen (secondary N) is 1. The molecule has 1 saturated heterocycles. The summed E-state index contributed by atoms with van der Waals surface area (Å²) in [6.45, 7) is 5.22. The molecule has 1 aliphatic heterocycles. The first-order valence-electron chi connectivity index (χ1n) is 6.30. The predicted octanol–water partition coefficient (Wildman–Crippen LogP) is 1.95. The van der Waals surface area contributed by atoms with E-state index >= 15 is 0 Å². The average molecular weight is 268 g/mol. The third kappa shape index (κ3) is 3.68. The molecule has 1 aliphatic rings. The van der Waals surface area contributed by atoms with Crippen LogP contribution in [0.25, 0.3) is 0 Å². The highest BCUT2D eigenvalue weighted by Gasteiger charge is 2.16. The standard InChI is InChI=1S/C13H18ClN3O/c1-10(9-17-6-2-3-7-17)16-13(18)11-4-5-12(14)15-8-11/h4-5,8,10H,2-3,6-7,9H2,1H3,(H,16,18). The van der Waals surface area contributed by atoms with E-state index in [-0.39, 0.29) is 11.9 Å². The lowest BCUT2D eigenvalue weighted by atomic mass is 10.2. The first-order chi connectivity index (χ1) is 8.65. The summed E-state index contributed by atoms with van der Waals surface area (Å²) in [6.07, 6.45) is 4.03. The average Bonchev–Trinajstić information content (AvgIpc) is 2.82. The van der Waals surface area contributed by atoms with Crippen LogP contribution >= 0.6 is 11.6 Å². The highest BCUT2D eigenvalue weighted by molar-refractivity contribution is 6.29. The zero-order valence-corrected chi connectivity index (χ0v) is 11.3. The summed E-state index contributed by atoms with van der Waals surface area (Å²) in [4.78, 5) is 18.2. The van der Waals surface area contributed by atoms with E-state index in [4.69, 9.17) is 11.6 Å². The minimum atomic E-state index is -0.0918. The number of amides is 1. The monoisotopic (exact) mass is 267 g/mol. The molecule has 5 heteroatoms. The quantitative estimate of drug-likeness (QED) is 0.848. The van der Waals surface area contributed by atoms with Gasteiger partial charge in [0.2, 0.25) is 0 Å². The summed E-state index contributed by atoms with van der Waals surface area (Å²) in [5.41, 5.74) is 0.549. The summed E-state index contributed by atoms with van der Waals surface area (Å²) in [5.74, 6) is -0.0918. The van der Waals surface area contributed by atoms with Crippen molar-refractivity contribution >= 4 is 17.5 Å².